The van der Waals surface area contributed by atoms with Gasteiger partial charge in [-0.1, -0.05) is 0 Å². The Morgan fingerprint density at radius 2 is 1.81 bits per heavy atom. The molecule has 0 unspecified atom stereocenters. The summed E-state index contributed by atoms with van der Waals surface area (Å²) in [5.41, 5.74) is 3.49. The summed E-state index contributed by atoms with van der Waals surface area (Å²) in [4.78, 5) is 17.6. The largest absolute Gasteiger partial charge is 0.352 e. The zero-order valence-corrected chi connectivity index (χ0v) is 18.1. The van der Waals surface area contributed by atoms with Crippen LogP contribution in [0, 0.1) is 13.8 Å². The van der Waals surface area contributed by atoms with Gasteiger partial charge in [-0.15, -0.1) is 24.0 Å². The van der Waals surface area contributed by atoms with Crippen LogP contribution in [0.4, 0.5) is 5.95 Å². The van der Waals surface area contributed by atoms with E-state index in [1.165, 1.54) is 11.3 Å². The normalized spacial score (nSPS) is 15.0. The first-order chi connectivity index (χ1) is 12.1. The molecular weight excluding hydrogens is 443 g/mol. The molecule has 142 valence electrons. The van der Waals surface area contributed by atoms with Crippen LogP contribution in [0.5, 0.6) is 0 Å². The van der Waals surface area contributed by atoms with Gasteiger partial charge in [0.2, 0.25) is 5.95 Å². The van der Waals surface area contributed by atoms with Crippen LogP contribution >= 0.6 is 24.0 Å². The number of aryl methyl sites for hydroxylation is 2. The minimum absolute atomic E-state index is 0. The summed E-state index contributed by atoms with van der Waals surface area (Å²) in [5.74, 6) is 1.72. The number of aliphatic imine (C=N–C) groups is 1. The van der Waals surface area contributed by atoms with Gasteiger partial charge in [0.05, 0.1) is 5.69 Å². The SMILES string of the molecule is CN=C(NCc1c(C)nn(C)c1C)N1CCN(c2ncccn2)CC1.I. The molecule has 3 rings (SSSR count). The molecule has 2 aromatic rings. The van der Waals surface area contributed by atoms with E-state index in [0.29, 0.717) is 0 Å². The maximum absolute atomic E-state index is 4.47. The van der Waals surface area contributed by atoms with Gasteiger partial charge in [0, 0.05) is 70.5 Å². The second kappa shape index (κ2) is 9.15. The zero-order chi connectivity index (χ0) is 17.8. The number of halogens is 1. The van der Waals surface area contributed by atoms with Crippen LogP contribution in [0.15, 0.2) is 23.5 Å². The van der Waals surface area contributed by atoms with E-state index < -0.39 is 0 Å². The second-order valence-corrected chi connectivity index (χ2v) is 6.20. The minimum Gasteiger partial charge on any atom is -0.352 e. The number of guanidine groups is 1. The third kappa shape index (κ3) is 4.43. The van der Waals surface area contributed by atoms with Crippen LogP contribution in [0.2, 0.25) is 0 Å². The first-order valence-corrected chi connectivity index (χ1v) is 8.56. The maximum atomic E-state index is 4.47. The summed E-state index contributed by atoms with van der Waals surface area (Å²) >= 11 is 0. The molecule has 1 aliphatic heterocycles. The number of hydrogen-bond donors (Lipinski definition) is 1. The maximum Gasteiger partial charge on any atom is 0.225 e. The summed E-state index contributed by atoms with van der Waals surface area (Å²) in [7, 11) is 3.81. The van der Waals surface area contributed by atoms with E-state index in [1.54, 1.807) is 12.4 Å². The Kier molecular flexibility index (Phi) is 7.18. The van der Waals surface area contributed by atoms with Crippen molar-refractivity contribution in [2.45, 2.75) is 20.4 Å². The Labute approximate surface area is 171 Å². The lowest BCUT2D eigenvalue weighted by molar-refractivity contribution is 0.370. The molecule has 0 bridgehead atoms. The summed E-state index contributed by atoms with van der Waals surface area (Å²) in [6.07, 6.45) is 3.57. The highest BCUT2D eigenvalue weighted by atomic mass is 127. The molecule has 1 N–H and O–H groups in total. The van der Waals surface area contributed by atoms with Crippen LogP contribution in [0.25, 0.3) is 0 Å². The predicted octanol–water partition coefficient (Wildman–Crippen LogP) is 1.34. The van der Waals surface area contributed by atoms with E-state index in [4.69, 9.17) is 0 Å². The zero-order valence-electron chi connectivity index (χ0n) is 15.8. The molecule has 8 nitrogen and oxygen atoms in total. The van der Waals surface area contributed by atoms with Crippen molar-refractivity contribution < 1.29 is 0 Å². The lowest BCUT2D eigenvalue weighted by Gasteiger charge is -2.36. The third-order valence-corrected chi connectivity index (χ3v) is 4.71. The van der Waals surface area contributed by atoms with Gasteiger partial charge < -0.3 is 15.1 Å². The fraction of sp³-hybridized carbons (Fsp3) is 0.529. The average Bonchev–Trinajstić information content (AvgIpc) is 2.89. The summed E-state index contributed by atoms with van der Waals surface area (Å²) in [5, 5.41) is 7.95. The molecule has 1 saturated heterocycles. The van der Waals surface area contributed by atoms with Gasteiger partial charge in [0.25, 0.3) is 0 Å². The van der Waals surface area contributed by atoms with Crippen molar-refractivity contribution in [3.63, 3.8) is 0 Å². The lowest BCUT2D eigenvalue weighted by atomic mass is 10.2. The Morgan fingerprint density at radius 3 is 2.35 bits per heavy atom. The number of nitrogens with one attached hydrogen (secondary N) is 1. The number of nitrogens with zero attached hydrogens (tertiary/aromatic N) is 7. The highest BCUT2D eigenvalue weighted by Gasteiger charge is 2.21. The highest BCUT2D eigenvalue weighted by molar-refractivity contribution is 14.0. The smallest absolute Gasteiger partial charge is 0.225 e. The molecule has 3 heterocycles. The number of rotatable bonds is 3. The van der Waals surface area contributed by atoms with Crippen LogP contribution in [-0.4, -0.2) is 63.8 Å². The Morgan fingerprint density at radius 1 is 1.15 bits per heavy atom. The molecule has 0 saturated carbocycles. The van der Waals surface area contributed by atoms with E-state index in [1.807, 2.05) is 31.8 Å². The molecular formula is C17H27IN8. The van der Waals surface area contributed by atoms with E-state index in [2.05, 4.69) is 42.1 Å². The van der Waals surface area contributed by atoms with Crippen LogP contribution in [0.1, 0.15) is 17.0 Å². The average molecular weight is 470 g/mol. The quantitative estimate of drug-likeness (QED) is 0.415. The van der Waals surface area contributed by atoms with Gasteiger partial charge in [-0.25, -0.2) is 9.97 Å². The first-order valence-electron chi connectivity index (χ1n) is 8.56. The van der Waals surface area contributed by atoms with Crippen molar-refractivity contribution in [3.8, 4) is 0 Å². The van der Waals surface area contributed by atoms with Crippen molar-refractivity contribution in [1.29, 1.82) is 0 Å². The van der Waals surface area contributed by atoms with Gasteiger partial charge in [0.1, 0.15) is 0 Å². The number of anilines is 1. The monoisotopic (exact) mass is 470 g/mol. The molecule has 9 heteroatoms. The minimum atomic E-state index is 0. The lowest BCUT2D eigenvalue weighted by Crippen LogP contribution is -2.52. The molecule has 0 spiro atoms. The number of hydrogen-bond acceptors (Lipinski definition) is 5. The topological polar surface area (TPSA) is 74.5 Å². The molecule has 2 aromatic heterocycles. The van der Waals surface area contributed by atoms with E-state index in [9.17, 15) is 0 Å². The molecule has 1 fully saturated rings. The summed E-state index contributed by atoms with van der Waals surface area (Å²) in [6.45, 7) is 8.43. The van der Waals surface area contributed by atoms with Gasteiger partial charge in [0.15, 0.2) is 5.96 Å². The predicted molar refractivity (Wildman–Crippen MR) is 114 cm³/mol. The standard InChI is InChI=1S/C17H26N8.HI/c1-13-15(14(2)23(4)22-13)12-21-16(18-3)24-8-10-25(11-9-24)17-19-6-5-7-20-17;/h5-7H,8-12H2,1-4H3,(H,18,21);1H. The Hall–Kier alpha value is -1.91. The fourth-order valence-electron chi connectivity index (χ4n) is 3.15. The molecule has 0 amide bonds. The van der Waals surface area contributed by atoms with Crippen molar-refractivity contribution in [2.24, 2.45) is 12.0 Å². The summed E-state index contributed by atoms with van der Waals surface area (Å²) in [6, 6.07) is 1.84. The second-order valence-electron chi connectivity index (χ2n) is 6.20. The van der Waals surface area contributed by atoms with Gasteiger partial charge >= 0.3 is 0 Å². The van der Waals surface area contributed by atoms with Crippen LogP contribution in [-0.2, 0) is 13.6 Å². The molecule has 1 aliphatic rings. The van der Waals surface area contributed by atoms with Crippen LogP contribution in [0.3, 0.4) is 0 Å². The molecule has 0 aliphatic carbocycles. The van der Waals surface area contributed by atoms with Crippen molar-refractivity contribution in [1.82, 2.24) is 30.0 Å². The van der Waals surface area contributed by atoms with E-state index in [-0.39, 0.29) is 24.0 Å². The Bertz CT molecular complexity index is 735. The van der Waals surface area contributed by atoms with Crippen LogP contribution < -0.4 is 10.2 Å². The van der Waals surface area contributed by atoms with Gasteiger partial charge in [-0.2, -0.15) is 5.10 Å². The molecule has 0 radical (unpaired) electrons. The number of piperazine rings is 1. The van der Waals surface area contributed by atoms with Crippen molar-refractivity contribution in [3.05, 3.63) is 35.4 Å². The Balaban J connectivity index is 0.00000243. The summed E-state index contributed by atoms with van der Waals surface area (Å²) < 4.78 is 1.92. The van der Waals surface area contributed by atoms with Gasteiger partial charge in [-0.3, -0.25) is 9.67 Å². The fourth-order valence-corrected chi connectivity index (χ4v) is 3.15. The van der Waals surface area contributed by atoms with Crippen molar-refractivity contribution in [2.75, 3.05) is 38.1 Å². The van der Waals surface area contributed by atoms with Crippen molar-refractivity contribution >= 4 is 35.9 Å². The number of aromatic nitrogens is 4. The molecule has 26 heavy (non-hydrogen) atoms. The highest BCUT2D eigenvalue weighted by Crippen LogP contribution is 2.13. The molecule has 0 atom stereocenters. The van der Waals surface area contributed by atoms with E-state index >= 15 is 0 Å². The van der Waals surface area contributed by atoms with Gasteiger partial charge in [-0.05, 0) is 19.9 Å². The molecule has 0 aromatic carbocycles. The third-order valence-electron chi connectivity index (χ3n) is 4.71. The van der Waals surface area contributed by atoms with E-state index in [0.717, 1.165) is 50.3 Å². The first kappa shape index (κ1) is 20.4.